The molecule has 3 rings (SSSR count). The first kappa shape index (κ1) is 13.1. The Morgan fingerprint density at radius 1 is 1.45 bits per heavy atom. The van der Waals surface area contributed by atoms with Crippen molar-refractivity contribution in [1.29, 1.82) is 0 Å². The predicted octanol–water partition coefficient (Wildman–Crippen LogP) is 3.24. The number of benzene rings is 1. The van der Waals surface area contributed by atoms with E-state index in [-0.39, 0.29) is 5.91 Å². The van der Waals surface area contributed by atoms with Crippen LogP contribution in [0.25, 0.3) is 10.2 Å². The number of rotatable bonds is 2. The smallest absolute Gasteiger partial charge is 0.293 e. The first-order valence-corrected chi connectivity index (χ1v) is 7.09. The van der Waals surface area contributed by atoms with E-state index in [2.05, 4.69) is 15.3 Å². The summed E-state index contributed by atoms with van der Waals surface area (Å²) in [4.78, 5) is 20.5. The summed E-state index contributed by atoms with van der Waals surface area (Å²) in [5, 5.41) is 3.97. The van der Waals surface area contributed by atoms with Crippen LogP contribution >= 0.6 is 22.9 Å². The molecular weight excluding hydrogens is 296 g/mol. The maximum atomic E-state index is 12.1. The fourth-order valence-corrected chi connectivity index (χ4v) is 3.26. The monoisotopic (exact) mass is 306 g/mol. The van der Waals surface area contributed by atoms with Crippen molar-refractivity contribution in [2.24, 2.45) is 7.05 Å². The zero-order chi connectivity index (χ0) is 14.3. The van der Waals surface area contributed by atoms with Gasteiger partial charge in [-0.25, -0.2) is 9.97 Å². The van der Waals surface area contributed by atoms with Gasteiger partial charge < -0.3 is 4.57 Å². The minimum absolute atomic E-state index is 0.277. The lowest BCUT2D eigenvalue weighted by Gasteiger charge is -2.00. The first-order valence-electron chi connectivity index (χ1n) is 5.90. The van der Waals surface area contributed by atoms with E-state index in [1.165, 1.54) is 11.3 Å². The molecule has 0 unspecified atom stereocenters. The van der Waals surface area contributed by atoms with Gasteiger partial charge in [0.05, 0.1) is 10.2 Å². The van der Waals surface area contributed by atoms with Crippen molar-refractivity contribution in [2.45, 2.75) is 6.92 Å². The van der Waals surface area contributed by atoms with Gasteiger partial charge in [0.25, 0.3) is 5.91 Å². The molecule has 1 aromatic carbocycles. The Morgan fingerprint density at radius 2 is 2.25 bits per heavy atom. The van der Waals surface area contributed by atoms with E-state index < -0.39 is 0 Å². The minimum atomic E-state index is -0.277. The second kappa shape index (κ2) is 4.88. The highest BCUT2D eigenvalue weighted by Gasteiger charge is 2.14. The van der Waals surface area contributed by atoms with Crippen LogP contribution in [0.2, 0.25) is 5.02 Å². The lowest BCUT2D eigenvalue weighted by Crippen LogP contribution is -2.16. The van der Waals surface area contributed by atoms with Crippen molar-refractivity contribution < 1.29 is 4.79 Å². The van der Waals surface area contributed by atoms with Crippen molar-refractivity contribution in [1.82, 2.24) is 14.5 Å². The number of hydrogen-bond donors (Lipinski definition) is 1. The first-order chi connectivity index (χ1) is 9.54. The van der Waals surface area contributed by atoms with Gasteiger partial charge in [-0.1, -0.05) is 22.9 Å². The average molecular weight is 307 g/mol. The van der Waals surface area contributed by atoms with Crippen LogP contribution in [0.15, 0.2) is 24.5 Å². The molecule has 0 fully saturated rings. The molecule has 0 radical (unpaired) electrons. The van der Waals surface area contributed by atoms with Crippen LogP contribution in [0.5, 0.6) is 0 Å². The Labute approximate surface area is 124 Å². The Kier molecular flexibility index (Phi) is 3.19. The van der Waals surface area contributed by atoms with Crippen molar-refractivity contribution in [3.05, 3.63) is 40.9 Å². The summed E-state index contributed by atoms with van der Waals surface area (Å²) >= 11 is 7.41. The molecule has 2 aromatic heterocycles. The number of hydrogen-bond acceptors (Lipinski definition) is 4. The molecule has 0 atom stereocenters. The average Bonchev–Trinajstić information content (AvgIpc) is 2.95. The van der Waals surface area contributed by atoms with Gasteiger partial charge >= 0.3 is 0 Å². The van der Waals surface area contributed by atoms with Crippen LogP contribution in [0, 0.1) is 6.92 Å². The number of anilines is 1. The number of nitrogens with zero attached hydrogens (tertiary/aromatic N) is 3. The summed E-state index contributed by atoms with van der Waals surface area (Å²) in [6, 6.07) is 3.70. The number of amides is 1. The molecule has 0 saturated carbocycles. The molecular formula is C13H11ClN4OS. The highest BCUT2D eigenvalue weighted by atomic mass is 35.5. The molecule has 20 heavy (non-hydrogen) atoms. The molecule has 1 amide bonds. The molecule has 0 spiro atoms. The van der Waals surface area contributed by atoms with Crippen LogP contribution in [0.4, 0.5) is 5.13 Å². The summed E-state index contributed by atoms with van der Waals surface area (Å²) in [6.07, 6.45) is 3.30. The number of aryl methyl sites for hydroxylation is 2. The third kappa shape index (κ3) is 2.28. The van der Waals surface area contributed by atoms with Crippen LogP contribution in [0.3, 0.4) is 0 Å². The van der Waals surface area contributed by atoms with Gasteiger partial charge in [0.1, 0.15) is 0 Å². The van der Waals surface area contributed by atoms with Gasteiger partial charge in [-0.2, -0.15) is 0 Å². The lowest BCUT2D eigenvalue weighted by atomic mass is 10.2. The van der Waals surface area contributed by atoms with Gasteiger partial charge in [0, 0.05) is 24.5 Å². The number of fused-ring (bicyclic) bond motifs is 1. The highest BCUT2D eigenvalue weighted by Crippen LogP contribution is 2.31. The number of thiazole rings is 1. The lowest BCUT2D eigenvalue weighted by molar-refractivity contribution is 0.101. The predicted molar refractivity (Wildman–Crippen MR) is 80.5 cm³/mol. The highest BCUT2D eigenvalue weighted by molar-refractivity contribution is 7.22. The van der Waals surface area contributed by atoms with Gasteiger partial charge in [-0.15, -0.1) is 0 Å². The summed E-state index contributed by atoms with van der Waals surface area (Å²) in [5.74, 6) is 0.0688. The van der Waals surface area contributed by atoms with Crippen LogP contribution in [0.1, 0.15) is 16.2 Å². The molecule has 0 aliphatic rings. The fourth-order valence-electron chi connectivity index (χ4n) is 1.95. The minimum Gasteiger partial charge on any atom is -0.330 e. The maximum Gasteiger partial charge on any atom is 0.293 e. The third-order valence-corrected chi connectivity index (χ3v) is 4.03. The van der Waals surface area contributed by atoms with Crippen molar-refractivity contribution in [3.63, 3.8) is 0 Å². The largest absolute Gasteiger partial charge is 0.330 e. The van der Waals surface area contributed by atoms with E-state index in [4.69, 9.17) is 11.6 Å². The molecule has 5 nitrogen and oxygen atoms in total. The number of carbonyl (C=O) groups is 1. The summed E-state index contributed by atoms with van der Waals surface area (Å²) in [7, 11) is 1.77. The number of imidazole rings is 1. The van der Waals surface area contributed by atoms with E-state index in [0.717, 1.165) is 15.8 Å². The second-order valence-electron chi connectivity index (χ2n) is 4.40. The van der Waals surface area contributed by atoms with Crippen molar-refractivity contribution in [3.8, 4) is 0 Å². The molecule has 3 aromatic rings. The molecule has 7 heteroatoms. The number of carbonyl (C=O) groups excluding carboxylic acids is 1. The Balaban J connectivity index is 1.94. The summed E-state index contributed by atoms with van der Waals surface area (Å²) < 4.78 is 2.61. The number of aromatic nitrogens is 3. The van der Waals surface area contributed by atoms with E-state index in [1.54, 1.807) is 24.0 Å². The normalized spacial score (nSPS) is 10.9. The second-order valence-corrected chi connectivity index (χ2v) is 5.87. The molecule has 0 bridgehead atoms. The summed E-state index contributed by atoms with van der Waals surface area (Å²) in [6.45, 7) is 1.94. The number of halogens is 1. The SMILES string of the molecule is Cc1cc(Cl)cc2sc(NC(=O)c3nccn3C)nc12. The quantitative estimate of drug-likeness (QED) is 0.790. The Hall–Kier alpha value is -1.92. The van der Waals surface area contributed by atoms with Gasteiger partial charge in [-0.05, 0) is 24.6 Å². The van der Waals surface area contributed by atoms with Crippen molar-refractivity contribution >= 4 is 44.2 Å². The standard InChI is InChI=1S/C13H11ClN4OS/c1-7-5-8(14)6-9-10(7)16-13(20-9)17-12(19)11-15-3-4-18(11)2/h3-6H,1-2H3,(H,16,17,19). The molecule has 0 saturated heterocycles. The van der Waals surface area contributed by atoms with E-state index in [0.29, 0.717) is 16.0 Å². The Bertz CT molecular complexity index is 808. The van der Waals surface area contributed by atoms with Gasteiger partial charge in [-0.3, -0.25) is 10.1 Å². The third-order valence-electron chi connectivity index (χ3n) is 2.90. The molecule has 2 heterocycles. The van der Waals surface area contributed by atoms with Gasteiger partial charge in [0.15, 0.2) is 11.0 Å². The Morgan fingerprint density at radius 3 is 2.95 bits per heavy atom. The van der Waals surface area contributed by atoms with Crippen LogP contribution in [-0.2, 0) is 7.05 Å². The zero-order valence-electron chi connectivity index (χ0n) is 10.8. The van der Waals surface area contributed by atoms with E-state index >= 15 is 0 Å². The maximum absolute atomic E-state index is 12.1. The van der Waals surface area contributed by atoms with E-state index in [1.807, 2.05) is 19.1 Å². The summed E-state index contributed by atoms with van der Waals surface area (Å²) in [5.41, 5.74) is 1.84. The zero-order valence-corrected chi connectivity index (χ0v) is 12.4. The molecule has 0 aliphatic heterocycles. The molecule has 102 valence electrons. The van der Waals surface area contributed by atoms with Crippen LogP contribution in [-0.4, -0.2) is 20.4 Å². The van der Waals surface area contributed by atoms with Crippen LogP contribution < -0.4 is 5.32 Å². The van der Waals surface area contributed by atoms with Crippen molar-refractivity contribution in [2.75, 3.05) is 5.32 Å². The molecule has 1 N–H and O–H groups in total. The van der Waals surface area contributed by atoms with Gasteiger partial charge in [0.2, 0.25) is 0 Å². The fraction of sp³-hybridized carbons (Fsp3) is 0.154. The molecule has 0 aliphatic carbocycles. The van der Waals surface area contributed by atoms with E-state index in [9.17, 15) is 4.79 Å². The topological polar surface area (TPSA) is 59.8 Å². The number of nitrogens with one attached hydrogen (secondary N) is 1.